The zero-order valence-corrected chi connectivity index (χ0v) is 21.0. The molecule has 0 N–H and O–H groups in total. The van der Waals surface area contributed by atoms with Crippen LogP contribution in [-0.4, -0.2) is 34.1 Å². The number of fused-ring (bicyclic) bond motifs is 3. The molecule has 5 nitrogen and oxygen atoms in total. The van der Waals surface area contributed by atoms with Crippen LogP contribution in [0.1, 0.15) is 68.3 Å². The van der Waals surface area contributed by atoms with E-state index in [0.717, 1.165) is 54.3 Å². The highest BCUT2D eigenvalue weighted by Crippen LogP contribution is 2.34. The monoisotopic (exact) mass is 465 g/mol. The molecule has 0 spiro atoms. The normalized spacial score (nSPS) is 16.9. The molecule has 3 heterocycles. The maximum absolute atomic E-state index is 13.7. The summed E-state index contributed by atoms with van der Waals surface area (Å²) in [7, 11) is 0. The Bertz CT molecular complexity index is 1180. The molecule has 0 amide bonds. The van der Waals surface area contributed by atoms with Crippen molar-refractivity contribution in [3.63, 3.8) is 0 Å². The molecule has 1 aliphatic carbocycles. The SMILES string of the molecule is CC(C)(C)c1ccc(OCCn2c(CN3CCCC3)nc3sc4c(c3c2=O)CCCC4)cc1. The van der Waals surface area contributed by atoms with Crippen LogP contribution in [0.15, 0.2) is 29.1 Å². The van der Waals surface area contributed by atoms with Gasteiger partial charge >= 0.3 is 0 Å². The lowest BCUT2D eigenvalue weighted by Crippen LogP contribution is -2.31. The van der Waals surface area contributed by atoms with Gasteiger partial charge in [0, 0.05) is 4.88 Å². The molecule has 0 unspecified atom stereocenters. The number of rotatable bonds is 6. The highest BCUT2D eigenvalue weighted by atomic mass is 32.1. The quantitative estimate of drug-likeness (QED) is 0.495. The fourth-order valence-electron chi connectivity index (χ4n) is 5.08. The van der Waals surface area contributed by atoms with Crippen molar-refractivity contribution in [2.75, 3.05) is 19.7 Å². The summed E-state index contributed by atoms with van der Waals surface area (Å²) in [6.07, 6.45) is 6.94. The Morgan fingerprint density at radius 1 is 1.03 bits per heavy atom. The van der Waals surface area contributed by atoms with Gasteiger partial charge in [-0.25, -0.2) is 4.98 Å². The van der Waals surface area contributed by atoms with Gasteiger partial charge in [0.15, 0.2) is 0 Å². The van der Waals surface area contributed by atoms with Gasteiger partial charge in [0.1, 0.15) is 23.0 Å². The highest BCUT2D eigenvalue weighted by Gasteiger charge is 2.23. The maximum atomic E-state index is 13.7. The second-order valence-corrected chi connectivity index (χ2v) is 11.6. The predicted molar refractivity (Wildman–Crippen MR) is 136 cm³/mol. The summed E-state index contributed by atoms with van der Waals surface area (Å²) in [6, 6.07) is 8.33. The van der Waals surface area contributed by atoms with E-state index in [4.69, 9.17) is 9.72 Å². The van der Waals surface area contributed by atoms with E-state index >= 15 is 0 Å². The third kappa shape index (κ3) is 4.73. The lowest BCUT2D eigenvalue weighted by Gasteiger charge is -2.20. The van der Waals surface area contributed by atoms with Crippen LogP contribution in [0, 0.1) is 0 Å². The van der Waals surface area contributed by atoms with Gasteiger partial charge in [0.25, 0.3) is 5.56 Å². The number of hydrogen-bond donors (Lipinski definition) is 0. The molecule has 1 saturated heterocycles. The molecule has 0 atom stereocenters. The largest absolute Gasteiger partial charge is 0.492 e. The average Bonchev–Trinajstić information content (AvgIpc) is 3.43. The summed E-state index contributed by atoms with van der Waals surface area (Å²) < 4.78 is 7.96. The molecule has 6 heteroatoms. The first-order valence-corrected chi connectivity index (χ1v) is 13.2. The van der Waals surface area contributed by atoms with Crippen molar-refractivity contribution in [2.24, 2.45) is 0 Å². The van der Waals surface area contributed by atoms with E-state index in [9.17, 15) is 4.79 Å². The van der Waals surface area contributed by atoms with Gasteiger partial charge in [-0.2, -0.15) is 0 Å². The molecular weight excluding hydrogens is 430 g/mol. The lowest BCUT2D eigenvalue weighted by atomic mass is 9.87. The summed E-state index contributed by atoms with van der Waals surface area (Å²) >= 11 is 1.74. The molecule has 1 fully saturated rings. The molecule has 33 heavy (non-hydrogen) atoms. The van der Waals surface area contributed by atoms with Crippen molar-refractivity contribution >= 4 is 21.6 Å². The van der Waals surface area contributed by atoms with E-state index in [1.54, 1.807) is 11.3 Å². The minimum atomic E-state index is 0.122. The van der Waals surface area contributed by atoms with Gasteiger partial charge in [0.05, 0.1) is 18.5 Å². The Labute approximate surface area is 200 Å². The Balaban J connectivity index is 1.41. The molecule has 3 aromatic rings. The van der Waals surface area contributed by atoms with Crippen molar-refractivity contribution < 1.29 is 4.74 Å². The number of benzene rings is 1. The third-order valence-corrected chi connectivity index (χ3v) is 8.21. The van der Waals surface area contributed by atoms with Crippen molar-refractivity contribution in [2.45, 2.75) is 77.8 Å². The molecule has 1 aromatic carbocycles. The van der Waals surface area contributed by atoms with Crippen LogP contribution in [-0.2, 0) is 31.3 Å². The summed E-state index contributed by atoms with van der Waals surface area (Å²) in [5.74, 6) is 1.73. The van der Waals surface area contributed by atoms with E-state index in [1.807, 2.05) is 16.7 Å². The van der Waals surface area contributed by atoms with Crippen LogP contribution in [0.25, 0.3) is 10.2 Å². The number of hydrogen-bond acceptors (Lipinski definition) is 5. The molecule has 0 bridgehead atoms. The molecular formula is C27H35N3O2S. The van der Waals surface area contributed by atoms with Crippen molar-refractivity contribution in [3.8, 4) is 5.75 Å². The fourth-order valence-corrected chi connectivity index (χ4v) is 6.35. The van der Waals surface area contributed by atoms with Crippen LogP contribution in [0.3, 0.4) is 0 Å². The van der Waals surface area contributed by atoms with Crippen LogP contribution < -0.4 is 10.3 Å². The van der Waals surface area contributed by atoms with Crippen LogP contribution in [0.4, 0.5) is 0 Å². The molecule has 0 radical (unpaired) electrons. The van der Waals surface area contributed by atoms with Crippen molar-refractivity contribution in [1.29, 1.82) is 0 Å². The molecule has 176 valence electrons. The van der Waals surface area contributed by atoms with Gasteiger partial charge in [-0.15, -0.1) is 11.3 Å². The molecule has 2 aliphatic rings. The standard InChI is InChI=1S/C27H35N3O2S/c1-27(2,3)19-10-12-20(13-11-19)32-17-16-30-23(18-29-14-6-7-15-29)28-25-24(26(30)31)21-8-4-5-9-22(21)33-25/h10-13H,4-9,14-18H2,1-3H3. The number of likely N-dealkylation sites (tertiary alicyclic amines) is 1. The number of nitrogens with zero attached hydrogens (tertiary/aromatic N) is 3. The highest BCUT2D eigenvalue weighted by molar-refractivity contribution is 7.18. The van der Waals surface area contributed by atoms with Gasteiger partial charge in [-0.1, -0.05) is 32.9 Å². The number of thiophene rings is 1. The molecule has 2 aromatic heterocycles. The molecule has 5 rings (SSSR count). The zero-order valence-electron chi connectivity index (χ0n) is 20.2. The Hall–Kier alpha value is -2.18. The van der Waals surface area contributed by atoms with Gasteiger partial charge in [0.2, 0.25) is 0 Å². The van der Waals surface area contributed by atoms with E-state index < -0.39 is 0 Å². The lowest BCUT2D eigenvalue weighted by molar-refractivity contribution is 0.279. The maximum Gasteiger partial charge on any atom is 0.262 e. The number of aryl methyl sites for hydroxylation is 2. The first kappa shape index (κ1) is 22.6. The summed E-state index contributed by atoms with van der Waals surface area (Å²) in [4.78, 5) is 23.5. The second kappa shape index (κ2) is 9.22. The summed E-state index contributed by atoms with van der Waals surface area (Å²) in [5.41, 5.74) is 2.80. The Morgan fingerprint density at radius 3 is 2.48 bits per heavy atom. The predicted octanol–water partition coefficient (Wildman–Crippen LogP) is 5.31. The van der Waals surface area contributed by atoms with Crippen molar-refractivity contribution in [1.82, 2.24) is 14.5 Å². The van der Waals surface area contributed by atoms with E-state index in [-0.39, 0.29) is 11.0 Å². The Kier molecular flexibility index (Phi) is 6.32. The van der Waals surface area contributed by atoms with E-state index in [2.05, 4.69) is 37.8 Å². The first-order chi connectivity index (χ1) is 15.9. The zero-order chi connectivity index (χ0) is 23.0. The summed E-state index contributed by atoms with van der Waals surface area (Å²) in [6.45, 7) is 10.5. The summed E-state index contributed by atoms with van der Waals surface area (Å²) in [5, 5.41) is 0.870. The molecule has 1 aliphatic heterocycles. The van der Waals surface area contributed by atoms with Gasteiger partial charge < -0.3 is 4.74 Å². The van der Waals surface area contributed by atoms with Crippen molar-refractivity contribution in [3.05, 3.63) is 56.4 Å². The topological polar surface area (TPSA) is 47.4 Å². The van der Waals surface area contributed by atoms with Gasteiger partial charge in [-0.05, 0) is 80.3 Å². The number of ether oxygens (including phenoxy) is 1. The van der Waals surface area contributed by atoms with Crippen LogP contribution >= 0.6 is 11.3 Å². The smallest absolute Gasteiger partial charge is 0.262 e. The minimum absolute atomic E-state index is 0.122. The van der Waals surface area contributed by atoms with Gasteiger partial charge in [-0.3, -0.25) is 14.3 Å². The second-order valence-electron chi connectivity index (χ2n) is 10.5. The average molecular weight is 466 g/mol. The number of aromatic nitrogens is 2. The minimum Gasteiger partial charge on any atom is -0.492 e. The fraction of sp³-hybridized carbons (Fsp3) is 0.556. The van der Waals surface area contributed by atoms with Crippen LogP contribution in [0.5, 0.6) is 5.75 Å². The molecule has 0 saturated carbocycles. The first-order valence-electron chi connectivity index (χ1n) is 12.4. The van der Waals surface area contributed by atoms with Crippen LogP contribution in [0.2, 0.25) is 0 Å². The Morgan fingerprint density at radius 2 is 1.76 bits per heavy atom. The van der Waals surface area contributed by atoms with E-state index in [0.29, 0.717) is 13.2 Å². The van der Waals surface area contributed by atoms with E-state index in [1.165, 1.54) is 41.7 Å². The third-order valence-electron chi connectivity index (χ3n) is 7.02.